The zero-order valence-electron chi connectivity index (χ0n) is 24.4. The summed E-state index contributed by atoms with van der Waals surface area (Å²) in [7, 11) is 0. The molecule has 44 heavy (non-hydrogen) atoms. The van der Waals surface area contributed by atoms with Crippen molar-refractivity contribution in [1.29, 1.82) is 0 Å². The second kappa shape index (κ2) is 14.8. The van der Waals surface area contributed by atoms with E-state index in [9.17, 15) is 29.1 Å². The van der Waals surface area contributed by atoms with Crippen LogP contribution in [0.1, 0.15) is 50.1 Å². The van der Waals surface area contributed by atoms with Crippen molar-refractivity contribution >= 4 is 35.4 Å². The van der Waals surface area contributed by atoms with Crippen molar-refractivity contribution in [2.24, 2.45) is 5.92 Å². The zero-order chi connectivity index (χ0) is 31.6. The van der Waals surface area contributed by atoms with Crippen LogP contribution in [0.2, 0.25) is 0 Å². The molecule has 0 saturated carbocycles. The van der Waals surface area contributed by atoms with Crippen LogP contribution in [0, 0.1) is 5.92 Å². The summed E-state index contributed by atoms with van der Waals surface area (Å²) in [5, 5.41) is 30.9. The number of carboxylic acids is 1. The number of anilines is 1. The molecule has 1 aliphatic rings. The van der Waals surface area contributed by atoms with Crippen LogP contribution in [0.5, 0.6) is 0 Å². The largest absolute Gasteiger partial charge is 0.481 e. The minimum absolute atomic E-state index is 0.0456. The van der Waals surface area contributed by atoms with Gasteiger partial charge in [-0.15, -0.1) is 10.2 Å². The van der Waals surface area contributed by atoms with E-state index in [1.807, 2.05) is 25.1 Å². The maximum atomic E-state index is 14.1. The number of amides is 4. The normalized spacial score (nSPS) is 15.9. The maximum Gasteiger partial charge on any atom is 0.303 e. The molecule has 3 aromatic rings. The number of tetrazole rings is 1. The number of benzene rings is 1. The minimum Gasteiger partial charge on any atom is -0.481 e. The zero-order valence-corrected chi connectivity index (χ0v) is 24.4. The van der Waals surface area contributed by atoms with Gasteiger partial charge < -0.3 is 21.1 Å². The van der Waals surface area contributed by atoms with Crippen molar-refractivity contribution in [1.82, 2.24) is 41.6 Å². The fourth-order valence-corrected chi connectivity index (χ4v) is 4.93. The third kappa shape index (κ3) is 7.99. The van der Waals surface area contributed by atoms with Crippen molar-refractivity contribution in [3.63, 3.8) is 0 Å². The number of carbonyl (C=O) groups is 5. The molecule has 1 aliphatic heterocycles. The van der Waals surface area contributed by atoms with Gasteiger partial charge in [0.25, 0.3) is 5.91 Å². The quantitative estimate of drug-likeness (QED) is 0.169. The molecule has 0 saturated heterocycles. The number of aromatic nitrogens is 5. The Balaban J connectivity index is 1.55. The second-order valence-electron chi connectivity index (χ2n) is 10.5. The number of H-pyrrole nitrogens is 1. The van der Waals surface area contributed by atoms with Gasteiger partial charge in [-0.2, -0.15) is 5.21 Å². The minimum atomic E-state index is -1.32. The molecule has 15 nitrogen and oxygen atoms in total. The van der Waals surface area contributed by atoms with Crippen molar-refractivity contribution in [2.45, 2.75) is 70.6 Å². The van der Waals surface area contributed by atoms with Gasteiger partial charge in [-0.25, -0.2) is 4.98 Å². The van der Waals surface area contributed by atoms with Crippen LogP contribution < -0.4 is 20.9 Å². The molecule has 15 heteroatoms. The molecule has 0 aliphatic carbocycles. The first-order valence-corrected chi connectivity index (χ1v) is 14.3. The van der Waals surface area contributed by atoms with Gasteiger partial charge >= 0.3 is 5.97 Å². The topological polar surface area (TPSA) is 212 Å². The van der Waals surface area contributed by atoms with Gasteiger partial charge in [-0.05, 0) is 29.5 Å². The highest BCUT2D eigenvalue weighted by Gasteiger charge is 2.42. The Morgan fingerprint density at radius 2 is 1.86 bits per heavy atom. The van der Waals surface area contributed by atoms with Gasteiger partial charge in [0, 0.05) is 19.0 Å². The molecule has 0 fully saturated rings. The van der Waals surface area contributed by atoms with Crippen LogP contribution in [0.15, 0.2) is 48.7 Å². The molecule has 3 heterocycles. The molecule has 1 aromatic carbocycles. The summed E-state index contributed by atoms with van der Waals surface area (Å²) in [4.78, 5) is 70.9. The summed E-state index contributed by atoms with van der Waals surface area (Å²) in [6.07, 6.45) is 1.55. The van der Waals surface area contributed by atoms with Gasteiger partial charge in [-0.1, -0.05) is 61.9 Å². The van der Waals surface area contributed by atoms with E-state index >= 15 is 0 Å². The van der Waals surface area contributed by atoms with Crippen LogP contribution in [0.4, 0.5) is 5.82 Å². The van der Waals surface area contributed by atoms with E-state index < -0.39 is 48.2 Å². The van der Waals surface area contributed by atoms with E-state index in [0.717, 1.165) is 5.56 Å². The molecule has 2 aromatic heterocycles. The Morgan fingerprint density at radius 1 is 1.09 bits per heavy atom. The second-order valence-corrected chi connectivity index (χ2v) is 10.5. The number of hydrogen-bond acceptors (Lipinski definition) is 9. The molecule has 232 valence electrons. The van der Waals surface area contributed by atoms with Gasteiger partial charge in [0.05, 0.1) is 13.0 Å². The SMILES string of the molecule is CC[C@H](C)[C@H](NC(=O)Cc1ccccc1)C(=O)NC(CCC(=O)O)C(=O)N1c2ncccc2CC1C(=O)NCc1nn[nH]n1. The van der Waals surface area contributed by atoms with Crippen LogP contribution in [0.3, 0.4) is 0 Å². The molecule has 4 atom stereocenters. The van der Waals surface area contributed by atoms with E-state index in [-0.39, 0.29) is 49.3 Å². The van der Waals surface area contributed by atoms with E-state index in [4.69, 9.17) is 0 Å². The summed E-state index contributed by atoms with van der Waals surface area (Å²) >= 11 is 0. The highest BCUT2D eigenvalue weighted by atomic mass is 16.4. The lowest BCUT2D eigenvalue weighted by Crippen LogP contribution is -2.58. The predicted molar refractivity (Wildman–Crippen MR) is 156 cm³/mol. The Hall–Kier alpha value is -5.21. The summed E-state index contributed by atoms with van der Waals surface area (Å²) < 4.78 is 0. The number of nitrogens with one attached hydrogen (secondary N) is 4. The number of aromatic amines is 1. The van der Waals surface area contributed by atoms with Crippen LogP contribution in [-0.2, 0) is 43.4 Å². The lowest BCUT2D eigenvalue weighted by molar-refractivity contribution is -0.138. The first kappa shape index (κ1) is 31.7. The molecule has 0 bridgehead atoms. The number of rotatable bonds is 14. The van der Waals surface area contributed by atoms with Crippen molar-refractivity contribution in [2.75, 3.05) is 4.90 Å². The number of nitrogens with zero attached hydrogens (tertiary/aromatic N) is 5. The first-order valence-electron chi connectivity index (χ1n) is 14.3. The van der Waals surface area contributed by atoms with E-state index in [1.54, 1.807) is 31.2 Å². The lowest BCUT2D eigenvalue weighted by Gasteiger charge is -2.30. The highest BCUT2D eigenvalue weighted by Crippen LogP contribution is 2.31. The molecular formula is C29H35N9O6. The average Bonchev–Trinajstić information content (AvgIpc) is 3.68. The maximum absolute atomic E-state index is 14.1. The summed E-state index contributed by atoms with van der Waals surface area (Å²) in [6, 6.07) is 9.13. The Bertz CT molecular complexity index is 1470. The summed E-state index contributed by atoms with van der Waals surface area (Å²) in [6.45, 7) is 3.62. The lowest BCUT2D eigenvalue weighted by atomic mass is 9.97. The fraction of sp³-hybridized carbons (Fsp3) is 0.414. The third-order valence-corrected chi connectivity index (χ3v) is 7.45. The third-order valence-electron chi connectivity index (χ3n) is 7.45. The smallest absolute Gasteiger partial charge is 0.303 e. The first-order chi connectivity index (χ1) is 21.2. The molecule has 5 N–H and O–H groups in total. The molecule has 0 radical (unpaired) electrons. The Kier molecular flexibility index (Phi) is 10.7. The van der Waals surface area contributed by atoms with Gasteiger partial charge in [-0.3, -0.25) is 28.9 Å². The fourth-order valence-electron chi connectivity index (χ4n) is 4.93. The van der Waals surface area contributed by atoms with E-state index in [1.165, 1.54) is 11.1 Å². The number of carbonyl (C=O) groups excluding carboxylic acids is 4. The Labute approximate surface area is 253 Å². The molecule has 0 spiro atoms. The number of aliphatic carboxylic acids is 1. The van der Waals surface area contributed by atoms with Gasteiger partial charge in [0.1, 0.15) is 23.9 Å². The van der Waals surface area contributed by atoms with E-state index in [0.29, 0.717) is 12.0 Å². The number of carboxylic acid groups (broad SMARTS) is 1. The molecule has 4 rings (SSSR count). The number of hydrogen-bond donors (Lipinski definition) is 5. The summed E-state index contributed by atoms with van der Waals surface area (Å²) in [5.41, 5.74) is 1.40. The predicted octanol–water partition coefficient (Wildman–Crippen LogP) is 0.292. The van der Waals surface area contributed by atoms with Crippen LogP contribution in [0.25, 0.3) is 0 Å². The van der Waals surface area contributed by atoms with Crippen molar-refractivity contribution < 1.29 is 29.1 Å². The molecular weight excluding hydrogens is 570 g/mol. The monoisotopic (exact) mass is 605 g/mol. The van der Waals surface area contributed by atoms with Crippen LogP contribution in [-0.4, -0.2) is 78.4 Å². The number of fused-ring (bicyclic) bond motifs is 1. The molecule has 4 amide bonds. The van der Waals surface area contributed by atoms with Crippen LogP contribution >= 0.6 is 0 Å². The van der Waals surface area contributed by atoms with Gasteiger partial charge in [0.15, 0.2) is 5.82 Å². The van der Waals surface area contributed by atoms with E-state index in [2.05, 4.69) is 41.6 Å². The Morgan fingerprint density at radius 3 is 2.55 bits per heavy atom. The van der Waals surface area contributed by atoms with Gasteiger partial charge in [0.2, 0.25) is 17.7 Å². The number of pyridine rings is 1. The average molecular weight is 606 g/mol. The molecule has 2 unspecified atom stereocenters. The highest BCUT2D eigenvalue weighted by molar-refractivity contribution is 6.06. The van der Waals surface area contributed by atoms with Crippen molar-refractivity contribution in [3.8, 4) is 0 Å². The van der Waals surface area contributed by atoms with Crippen molar-refractivity contribution in [3.05, 3.63) is 65.6 Å². The summed E-state index contributed by atoms with van der Waals surface area (Å²) in [5.74, 6) is -3.22. The standard InChI is InChI=1S/C29H35N9O6/c1-3-17(2)25(33-23(39)14-18-8-5-4-6-9-18)28(43)32-20(11-12-24(40)41)29(44)38-21(15-19-10-7-13-30-26(19)38)27(42)31-16-22-34-36-37-35-22/h4-10,13,17,20-21,25H,3,11-12,14-16H2,1-2H3,(H,31,42)(H,32,43)(H,33,39)(H,40,41)(H,34,35,36,37)/t17-,20?,21?,25-/m0/s1.